The van der Waals surface area contributed by atoms with Crippen molar-refractivity contribution in [1.29, 1.82) is 0 Å². The molecule has 0 aromatic rings. The van der Waals surface area contributed by atoms with Gasteiger partial charge in [0.25, 0.3) is 0 Å². The fourth-order valence-corrected chi connectivity index (χ4v) is 1.01. The average molecular weight is 106 g/mol. The summed E-state index contributed by atoms with van der Waals surface area (Å²) in [6, 6.07) is 0. The SMILES string of the molecule is C=CC1C(=C)C=C1C. The maximum absolute atomic E-state index is 3.82. The number of hydrogen-bond donors (Lipinski definition) is 0. The topological polar surface area (TPSA) is 0 Å². The number of rotatable bonds is 1. The van der Waals surface area contributed by atoms with Gasteiger partial charge < -0.3 is 0 Å². The standard InChI is InChI=1S/C8H10/c1-4-8-6(2)5-7(8)3/h4-5,8H,1-2H2,3H3. The van der Waals surface area contributed by atoms with Crippen molar-refractivity contribution in [3.05, 3.63) is 36.5 Å². The van der Waals surface area contributed by atoms with Gasteiger partial charge in [-0.1, -0.05) is 24.3 Å². The van der Waals surface area contributed by atoms with Crippen molar-refractivity contribution in [2.24, 2.45) is 5.92 Å². The third kappa shape index (κ3) is 0.532. The predicted molar refractivity (Wildman–Crippen MR) is 36.6 cm³/mol. The first-order valence-corrected chi connectivity index (χ1v) is 2.75. The first kappa shape index (κ1) is 5.36. The Kier molecular flexibility index (Phi) is 1.09. The normalized spacial score (nSPS) is 26.4. The van der Waals surface area contributed by atoms with Crippen molar-refractivity contribution >= 4 is 0 Å². The van der Waals surface area contributed by atoms with E-state index in [1.54, 1.807) is 0 Å². The molecule has 0 radical (unpaired) electrons. The van der Waals surface area contributed by atoms with Gasteiger partial charge in [0.05, 0.1) is 0 Å². The molecule has 1 aliphatic rings. The molecule has 0 aliphatic heterocycles. The summed E-state index contributed by atoms with van der Waals surface area (Å²) in [6.07, 6.45) is 4.02. The lowest BCUT2D eigenvalue weighted by Gasteiger charge is -2.23. The van der Waals surface area contributed by atoms with E-state index in [4.69, 9.17) is 0 Å². The Morgan fingerprint density at radius 1 is 1.75 bits per heavy atom. The van der Waals surface area contributed by atoms with Crippen LogP contribution in [0.25, 0.3) is 0 Å². The summed E-state index contributed by atoms with van der Waals surface area (Å²) in [5.41, 5.74) is 2.57. The molecule has 0 aromatic carbocycles. The first-order chi connectivity index (χ1) is 3.75. The molecule has 0 nitrogen and oxygen atoms in total. The van der Waals surface area contributed by atoms with E-state index in [1.807, 2.05) is 6.08 Å². The van der Waals surface area contributed by atoms with E-state index in [1.165, 1.54) is 11.1 Å². The van der Waals surface area contributed by atoms with Crippen molar-refractivity contribution < 1.29 is 0 Å². The van der Waals surface area contributed by atoms with Gasteiger partial charge in [-0.25, -0.2) is 0 Å². The summed E-state index contributed by atoms with van der Waals surface area (Å²) >= 11 is 0. The summed E-state index contributed by atoms with van der Waals surface area (Å²) in [5, 5.41) is 0. The summed E-state index contributed by atoms with van der Waals surface area (Å²) in [4.78, 5) is 0. The van der Waals surface area contributed by atoms with Gasteiger partial charge in [-0.2, -0.15) is 0 Å². The zero-order valence-electron chi connectivity index (χ0n) is 5.15. The van der Waals surface area contributed by atoms with Gasteiger partial charge >= 0.3 is 0 Å². The molecule has 0 bridgehead atoms. The van der Waals surface area contributed by atoms with E-state index in [2.05, 4.69) is 26.2 Å². The van der Waals surface area contributed by atoms with Gasteiger partial charge in [0, 0.05) is 5.92 Å². The molecule has 0 aromatic heterocycles. The molecule has 0 saturated heterocycles. The Hall–Kier alpha value is -0.780. The van der Waals surface area contributed by atoms with Crippen LogP contribution in [0.2, 0.25) is 0 Å². The van der Waals surface area contributed by atoms with Gasteiger partial charge in [0.2, 0.25) is 0 Å². The molecular formula is C8H10. The van der Waals surface area contributed by atoms with E-state index in [9.17, 15) is 0 Å². The predicted octanol–water partition coefficient (Wildman–Crippen LogP) is 2.30. The third-order valence-electron chi connectivity index (χ3n) is 1.54. The van der Waals surface area contributed by atoms with Crippen LogP contribution >= 0.6 is 0 Å². The second-order valence-corrected chi connectivity index (χ2v) is 2.18. The fraction of sp³-hybridized carbons (Fsp3) is 0.250. The van der Waals surface area contributed by atoms with Crippen LogP contribution in [0.4, 0.5) is 0 Å². The molecule has 1 aliphatic carbocycles. The van der Waals surface area contributed by atoms with Crippen LogP contribution in [0.15, 0.2) is 36.5 Å². The van der Waals surface area contributed by atoms with Gasteiger partial charge in [-0.05, 0) is 12.5 Å². The van der Waals surface area contributed by atoms with Crippen LogP contribution in [0.5, 0.6) is 0 Å². The number of hydrogen-bond acceptors (Lipinski definition) is 0. The van der Waals surface area contributed by atoms with Crippen molar-refractivity contribution in [2.75, 3.05) is 0 Å². The molecule has 42 valence electrons. The lowest BCUT2D eigenvalue weighted by molar-refractivity contribution is 0.857. The zero-order chi connectivity index (χ0) is 6.15. The highest BCUT2D eigenvalue weighted by molar-refractivity contribution is 5.43. The van der Waals surface area contributed by atoms with Crippen molar-refractivity contribution in [3.8, 4) is 0 Å². The van der Waals surface area contributed by atoms with Crippen molar-refractivity contribution in [2.45, 2.75) is 6.92 Å². The summed E-state index contributed by atoms with van der Waals surface area (Å²) in [5.74, 6) is 0.481. The molecule has 1 atom stereocenters. The summed E-state index contributed by atoms with van der Waals surface area (Å²) in [6.45, 7) is 9.60. The van der Waals surface area contributed by atoms with Crippen LogP contribution in [0.3, 0.4) is 0 Å². The van der Waals surface area contributed by atoms with Gasteiger partial charge in [-0.15, -0.1) is 6.58 Å². The molecule has 1 rings (SSSR count). The van der Waals surface area contributed by atoms with Gasteiger partial charge in [0.15, 0.2) is 0 Å². The fourth-order valence-electron chi connectivity index (χ4n) is 1.01. The van der Waals surface area contributed by atoms with Crippen LogP contribution in [-0.2, 0) is 0 Å². The monoisotopic (exact) mass is 106 g/mol. The minimum absolute atomic E-state index is 0.481. The van der Waals surface area contributed by atoms with E-state index in [0.717, 1.165) is 0 Å². The lowest BCUT2D eigenvalue weighted by atomic mass is 9.82. The van der Waals surface area contributed by atoms with E-state index >= 15 is 0 Å². The molecular weight excluding hydrogens is 96.1 g/mol. The molecule has 0 fully saturated rings. The molecule has 0 N–H and O–H groups in total. The Bertz CT molecular complexity index is 161. The highest BCUT2D eigenvalue weighted by Crippen LogP contribution is 2.31. The second-order valence-electron chi connectivity index (χ2n) is 2.18. The highest BCUT2D eigenvalue weighted by Gasteiger charge is 2.16. The first-order valence-electron chi connectivity index (χ1n) is 2.75. The second kappa shape index (κ2) is 1.62. The van der Waals surface area contributed by atoms with E-state index in [-0.39, 0.29) is 0 Å². The Balaban J connectivity index is 2.76. The molecule has 0 heterocycles. The quantitative estimate of drug-likeness (QED) is 0.450. The average Bonchev–Trinajstić information content (AvgIpc) is 1.67. The summed E-state index contributed by atoms with van der Waals surface area (Å²) < 4.78 is 0. The van der Waals surface area contributed by atoms with Crippen LogP contribution in [0.1, 0.15) is 6.92 Å². The van der Waals surface area contributed by atoms with E-state index in [0.29, 0.717) is 5.92 Å². The zero-order valence-corrected chi connectivity index (χ0v) is 5.15. The maximum Gasteiger partial charge on any atom is 0.0220 e. The highest BCUT2D eigenvalue weighted by atomic mass is 14.2. The summed E-state index contributed by atoms with van der Waals surface area (Å²) in [7, 11) is 0. The molecule has 1 unspecified atom stereocenters. The van der Waals surface area contributed by atoms with Crippen LogP contribution in [-0.4, -0.2) is 0 Å². The minimum Gasteiger partial charge on any atom is -0.102 e. The lowest BCUT2D eigenvalue weighted by Crippen LogP contribution is -2.09. The Morgan fingerprint density at radius 2 is 2.38 bits per heavy atom. The molecule has 0 spiro atoms. The van der Waals surface area contributed by atoms with Crippen molar-refractivity contribution in [1.82, 2.24) is 0 Å². The Labute approximate surface area is 50.2 Å². The molecule has 0 amide bonds. The van der Waals surface area contributed by atoms with E-state index < -0.39 is 0 Å². The van der Waals surface area contributed by atoms with Crippen LogP contribution in [0, 0.1) is 5.92 Å². The largest absolute Gasteiger partial charge is 0.102 e. The molecule has 0 heteroatoms. The van der Waals surface area contributed by atoms with Gasteiger partial charge in [0.1, 0.15) is 0 Å². The van der Waals surface area contributed by atoms with Crippen molar-refractivity contribution in [3.63, 3.8) is 0 Å². The molecule has 0 saturated carbocycles. The van der Waals surface area contributed by atoms with Crippen LogP contribution < -0.4 is 0 Å². The Morgan fingerprint density at radius 3 is 2.50 bits per heavy atom. The minimum atomic E-state index is 0.481. The smallest absolute Gasteiger partial charge is 0.0220 e. The molecule has 8 heavy (non-hydrogen) atoms. The van der Waals surface area contributed by atoms with Gasteiger partial charge in [-0.3, -0.25) is 0 Å². The number of allylic oxidation sites excluding steroid dienone is 4. The third-order valence-corrected chi connectivity index (χ3v) is 1.54. The maximum atomic E-state index is 3.82.